The summed E-state index contributed by atoms with van der Waals surface area (Å²) >= 11 is 0. The zero-order valence-electron chi connectivity index (χ0n) is 22.7. The summed E-state index contributed by atoms with van der Waals surface area (Å²) in [4.78, 5) is 0. The van der Waals surface area contributed by atoms with E-state index in [9.17, 15) is 0 Å². The van der Waals surface area contributed by atoms with Crippen LogP contribution in [0, 0.1) is 124 Å². The maximum atomic E-state index is 2.37. The molecule has 0 amide bonds. The van der Waals surface area contributed by atoms with Crippen molar-refractivity contribution >= 4 is 0 Å². The van der Waals surface area contributed by atoms with Crippen LogP contribution >= 0.6 is 0 Å². The Hall–Kier alpha value is 1.25. The number of rotatable bonds is 2. The third-order valence-electron chi connectivity index (χ3n) is 7.00. The molecule has 0 aliphatic heterocycles. The second-order valence-corrected chi connectivity index (χ2v) is 9.53. The van der Waals surface area contributed by atoms with Crippen molar-refractivity contribution < 1.29 is 39.0 Å². The minimum absolute atomic E-state index is 0. The number of hydrogen-bond donors (Lipinski definition) is 0. The van der Waals surface area contributed by atoms with E-state index in [4.69, 9.17) is 0 Å². The standard InChI is InChI=1S/C18H20.2C8H12.2Rh/c1-5-13-7-15-11(3)17-9-14(6-2)10-18(17)12(4)16(15)8-13;2*1-2-4-6-8-7-5-3-1;;/h7-10H,5-6H2,1-4H3;2*1-2,7-8H,3-6H2;;. The Kier molecular flexibility index (Phi) is 19.8. The number of fused-ring (bicyclic) bond motifs is 2. The fourth-order valence-electron chi connectivity index (χ4n) is 4.79. The van der Waals surface area contributed by atoms with E-state index in [1.807, 2.05) is 0 Å². The molecule has 36 heavy (non-hydrogen) atoms. The molecular formula is C34H44Rh2. The quantitative estimate of drug-likeness (QED) is 0.260. The van der Waals surface area contributed by atoms with Gasteiger partial charge >= 0.3 is 0 Å². The van der Waals surface area contributed by atoms with E-state index in [1.54, 1.807) is 0 Å². The molecule has 2 heteroatoms. The molecule has 5 aliphatic carbocycles. The first-order chi connectivity index (χ1) is 16.7. The van der Waals surface area contributed by atoms with Crippen LogP contribution in [0.4, 0.5) is 0 Å². The van der Waals surface area contributed by atoms with Crippen molar-refractivity contribution in [1.82, 2.24) is 0 Å². The van der Waals surface area contributed by atoms with Crippen LogP contribution in [0.15, 0.2) is 0 Å². The molecule has 0 heterocycles. The maximum absolute atomic E-state index is 2.37. The largest absolute Gasteiger partial charge is 0.0648 e. The molecule has 5 fully saturated rings. The van der Waals surface area contributed by atoms with Crippen LogP contribution in [0.3, 0.4) is 0 Å². The van der Waals surface area contributed by atoms with E-state index in [0.717, 1.165) is 12.8 Å². The molecule has 5 aliphatic rings. The molecule has 0 bridgehead atoms. The van der Waals surface area contributed by atoms with Crippen LogP contribution in [0.1, 0.15) is 91.9 Å². The summed E-state index contributed by atoms with van der Waals surface area (Å²) in [6.07, 6.45) is 39.7. The monoisotopic (exact) mass is 658 g/mol. The predicted molar refractivity (Wildman–Crippen MR) is 146 cm³/mol. The van der Waals surface area contributed by atoms with Crippen molar-refractivity contribution in [2.24, 2.45) is 0 Å². The van der Waals surface area contributed by atoms with Crippen molar-refractivity contribution in [2.75, 3.05) is 0 Å². The average molecular weight is 659 g/mol. The van der Waals surface area contributed by atoms with E-state index < -0.39 is 0 Å². The van der Waals surface area contributed by atoms with Gasteiger partial charge in [0.25, 0.3) is 0 Å². The Morgan fingerprint density at radius 3 is 0.778 bits per heavy atom. The van der Waals surface area contributed by atoms with E-state index in [1.165, 1.54) is 98.7 Å². The Morgan fingerprint density at radius 2 is 0.611 bits per heavy atom. The molecule has 0 spiro atoms. The second-order valence-electron chi connectivity index (χ2n) is 9.53. The SMILES string of the molecule is CC[C]1[CH][C]2[C](C)[C]3[CH][C](CC)[CH][C]3[C](C)[C]2[CH]1.[CH]1[CH]CC[CH][CH]CC1.[CH]1[CH]CC[CH][CH]CC1.[Rh].[Rh]. The van der Waals surface area contributed by atoms with Crippen LogP contribution in [0.2, 0.25) is 0 Å². The molecule has 0 nitrogen and oxygen atoms in total. The maximum Gasteiger partial charge on any atom is 0 e. The molecule has 0 N–H and O–H groups in total. The first-order valence-electron chi connectivity index (χ1n) is 13.5. The van der Waals surface area contributed by atoms with Crippen LogP contribution in [-0.4, -0.2) is 0 Å². The van der Waals surface area contributed by atoms with Crippen molar-refractivity contribution in [3.05, 3.63) is 124 Å². The van der Waals surface area contributed by atoms with Gasteiger partial charge in [-0.3, -0.25) is 0 Å². The van der Waals surface area contributed by atoms with Crippen molar-refractivity contribution in [3.63, 3.8) is 0 Å². The molecule has 198 valence electrons. The summed E-state index contributed by atoms with van der Waals surface area (Å²) in [5.41, 5.74) is 0. The van der Waals surface area contributed by atoms with Gasteiger partial charge in [-0.05, 0) is 189 Å². The summed E-state index contributed by atoms with van der Waals surface area (Å²) < 4.78 is 0. The van der Waals surface area contributed by atoms with Gasteiger partial charge < -0.3 is 0 Å². The molecule has 0 aromatic heterocycles. The van der Waals surface area contributed by atoms with Crippen LogP contribution < -0.4 is 0 Å². The van der Waals surface area contributed by atoms with Gasteiger partial charge in [-0.2, -0.15) is 0 Å². The van der Waals surface area contributed by atoms with Crippen LogP contribution in [-0.2, 0) is 39.0 Å². The Labute approximate surface area is 254 Å². The van der Waals surface area contributed by atoms with Gasteiger partial charge in [-0.15, -0.1) is 0 Å². The van der Waals surface area contributed by atoms with Gasteiger partial charge in [0.15, 0.2) is 0 Å². The van der Waals surface area contributed by atoms with E-state index in [2.05, 4.69) is 105 Å². The normalized spacial score (nSPS) is 26.3. The summed E-state index contributed by atoms with van der Waals surface area (Å²) in [5.74, 6) is 11.6. The van der Waals surface area contributed by atoms with Crippen molar-refractivity contribution in [1.29, 1.82) is 0 Å². The number of hydrogen-bond acceptors (Lipinski definition) is 0. The molecule has 5 saturated carbocycles. The topological polar surface area (TPSA) is 0 Å². The third kappa shape index (κ3) is 11.0. The summed E-state index contributed by atoms with van der Waals surface area (Å²) in [5, 5.41) is 0. The molecule has 0 atom stereocenters. The molecular weight excluding hydrogens is 614 g/mol. The summed E-state index contributed by atoms with van der Waals surface area (Å²) in [6, 6.07) is 0. The predicted octanol–water partition coefficient (Wildman–Crippen LogP) is 9.05. The fourth-order valence-corrected chi connectivity index (χ4v) is 4.79. The van der Waals surface area contributed by atoms with E-state index >= 15 is 0 Å². The summed E-state index contributed by atoms with van der Waals surface area (Å²) in [6.45, 7) is 8.99. The van der Waals surface area contributed by atoms with Crippen molar-refractivity contribution in [3.8, 4) is 0 Å². The van der Waals surface area contributed by atoms with Gasteiger partial charge in [-0.1, -0.05) is 27.7 Å². The molecule has 22 radical (unpaired) electrons. The van der Waals surface area contributed by atoms with Gasteiger partial charge in [0.1, 0.15) is 0 Å². The van der Waals surface area contributed by atoms with Gasteiger partial charge in [-0.25, -0.2) is 0 Å². The fraction of sp³-hybridized carbons (Fsp3) is 0.412. The first kappa shape index (κ1) is 35.3. The van der Waals surface area contributed by atoms with Crippen LogP contribution in [0.5, 0.6) is 0 Å². The first-order valence-corrected chi connectivity index (χ1v) is 13.5. The Morgan fingerprint density at radius 1 is 0.417 bits per heavy atom. The van der Waals surface area contributed by atoms with Gasteiger partial charge in [0.2, 0.25) is 0 Å². The minimum atomic E-state index is 0. The zero-order chi connectivity index (χ0) is 24.2. The van der Waals surface area contributed by atoms with Gasteiger partial charge in [0.05, 0.1) is 0 Å². The van der Waals surface area contributed by atoms with Crippen LogP contribution in [0.25, 0.3) is 0 Å². The van der Waals surface area contributed by atoms with Crippen molar-refractivity contribution in [2.45, 2.75) is 91.9 Å². The zero-order valence-corrected chi connectivity index (χ0v) is 25.9. The smallest absolute Gasteiger partial charge is 0 e. The molecule has 5 rings (SSSR count). The minimum Gasteiger partial charge on any atom is -0.0648 e. The van der Waals surface area contributed by atoms with E-state index in [0.29, 0.717) is 0 Å². The molecule has 0 aromatic rings. The Balaban J connectivity index is 0.000000303. The second kappa shape index (κ2) is 20.2. The third-order valence-corrected chi connectivity index (χ3v) is 7.00. The van der Waals surface area contributed by atoms with Gasteiger partial charge in [0, 0.05) is 39.0 Å². The average Bonchev–Trinajstić information content (AvgIpc) is 3.43. The summed E-state index contributed by atoms with van der Waals surface area (Å²) in [7, 11) is 0. The molecule has 0 saturated heterocycles. The molecule has 0 aromatic carbocycles. The Bertz CT molecular complexity index is 401. The molecule has 0 unspecified atom stereocenters. The van der Waals surface area contributed by atoms with E-state index in [-0.39, 0.29) is 39.0 Å².